The topological polar surface area (TPSA) is 26.2 Å². The molecule has 3 nitrogen and oxygen atoms in total. The van der Waals surface area contributed by atoms with Crippen molar-refractivity contribution >= 4 is 10.9 Å². The van der Waals surface area contributed by atoms with Crippen LogP contribution in [0.1, 0.15) is 11.3 Å². The van der Waals surface area contributed by atoms with Gasteiger partial charge in [-0.05, 0) is 23.8 Å². The Morgan fingerprint density at radius 1 is 1.04 bits per heavy atom. The molecule has 124 valence electrons. The Balaban J connectivity index is 1.62. The average molecular weight is 324 g/mol. The van der Waals surface area contributed by atoms with Gasteiger partial charge in [-0.15, -0.1) is 0 Å². The lowest BCUT2D eigenvalue weighted by Crippen LogP contribution is -2.17. The number of benzene rings is 2. The minimum absolute atomic E-state index is 0.303. The van der Waals surface area contributed by atoms with Crippen LogP contribution in [0.2, 0.25) is 0 Å². The van der Waals surface area contributed by atoms with Gasteiger partial charge >= 0.3 is 0 Å². The molecule has 24 heavy (non-hydrogen) atoms. The van der Waals surface area contributed by atoms with Crippen LogP contribution in [-0.4, -0.2) is 24.3 Å². The number of nitrogens with one attached hydrogen (secondary N) is 1. The first-order valence-electron chi connectivity index (χ1n) is 8.51. The lowest BCUT2D eigenvalue weighted by Gasteiger charge is -2.09. The Morgan fingerprint density at radius 2 is 1.88 bits per heavy atom. The highest BCUT2D eigenvalue weighted by Crippen LogP contribution is 2.28. The molecule has 0 saturated carbocycles. The van der Waals surface area contributed by atoms with E-state index in [1.54, 1.807) is 18.2 Å². The summed E-state index contributed by atoms with van der Waals surface area (Å²) in [5.74, 6) is 0.0241. The van der Waals surface area contributed by atoms with Crippen molar-refractivity contribution in [1.29, 1.82) is 0 Å². The van der Waals surface area contributed by atoms with E-state index in [0.717, 1.165) is 32.5 Å². The molecule has 0 unspecified atom stereocenters. The van der Waals surface area contributed by atoms with Crippen molar-refractivity contribution in [3.8, 4) is 5.75 Å². The summed E-state index contributed by atoms with van der Waals surface area (Å²) in [4.78, 5) is 0. The third-order valence-electron chi connectivity index (χ3n) is 4.69. The van der Waals surface area contributed by atoms with E-state index in [4.69, 9.17) is 4.74 Å². The number of hydrogen-bond acceptors (Lipinski definition) is 2. The summed E-state index contributed by atoms with van der Waals surface area (Å²) < 4.78 is 21.8. The number of hydrogen-bond donors (Lipinski definition) is 1. The van der Waals surface area contributed by atoms with E-state index in [9.17, 15) is 4.39 Å². The molecule has 1 aromatic heterocycles. The zero-order valence-corrected chi connectivity index (χ0v) is 13.6. The Morgan fingerprint density at radius 3 is 2.79 bits per heavy atom. The van der Waals surface area contributed by atoms with Gasteiger partial charge in [-0.25, -0.2) is 4.39 Å². The van der Waals surface area contributed by atoms with Crippen LogP contribution < -0.4 is 10.1 Å². The number of rotatable bonds is 4. The van der Waals surface area contributed by atoms with Gasteiger partial charge in [-0.3, -0.25) is 0 Å². The average Bonchev–Trinajstić information content (AvgIpc) is 2.76. The number of fused-ring (bicyclic) bond motifs is 3. The third-order valence-corrected chi connectivity index (χ3v) is 4.69. The van der Waals surface area contributed by atoms with Crippen LogP contribution in [-0.2, 0) is 19.4 Å². The third kappa shape index (κ3) is 2.78. The SMILES string of the molecule is Fc1ccccc1OCCc1c2n(c3ccccc13)CCNCC2. The van der Waals surface area contributed by atoms with E-state index < -0.39 is 0 Å². The quantitative estimate of drug-likeness (QED) is 0.794. The number of ether oxygens (including phenoxy) is 1. The van der Waals surface area contributed by atoms with Gasteiger partial charge in [0.15, 0.2) is 11.6 Å². The maximum atomic E-state index is 13.7. The molecule has 4 rings (SSSR count). The van der Waals surface area contributed by atoms with Gasteiger partial charge in [0, 0.05) is 49.1 Å². The molecule has 1 N–H and O–H groups in total. The molecular formula is C20H21FN2O. The van der Waals surface area contributed by atoms with Crippen LogP contribution >= 0.6 is 0 Å². The first-order valence-corrected chi connectivity index (χ1v) is 8.51. The van der Waals surface area contributed by atoms with Crippen molar-refractivity contribution in [2.75, 3.05) is 19.7 Å². The monoisotopic (exact) mass is 324 g/mol. The zero-order valence-electron chi connectivity index (χ0n) is 13.6. The fourth-order valence-corrected chi connectivity index (χ4v) is 3.60. The normalized spacial score (nSPS) is 14.4. The van der Waals surface area contributed by atoms with Crippen LogP contribution in [0.5, 0.6) is 5.75 Å². The molecule has 1 aliphatic heterocycles. The van der Waals surface area contributed by atoms with Crippen LogP contribution in [0.4, 0.5) is 4.39 Å². The van der Waals surface area contributed by atoms with E-state index >= 15 is 0 Å². The van der Waals surface area contributed by atoms with Gasteiger partial charge in [0.05, 0.1) is 6.61 Å². The van der Waals surface area contributed by atoms with Crippen molar-refractivity contribution in [3.63, 3.8) is 0 Å². The predicted octanol–water partition coefficient (Wildman–Crippen LogP) is 3.55. The highest BCUT2D eigenvalue weighted by Gasteiger charge is 2.18. The summed E-state index contributed by atoms with van der Waals surface area (Å²) in [7, 11) is 0. The maximum Gasteiger partial charge on any atom is 0.165 e. The summed E-state index contributed by atoms with van der Waals surface area (Å²) in [6.07, 6.45) is 1.81. The molecule has 4 heteroatoms. The summed E-state index contributed by atoms with van der Waals surface area (Å²) in [6.45, 7) is 3.47. The summed E-state index contributed by atoms with van der Waals surface area (Å²) in [5, 5.41) is 4.76. The molecule has 0 saturated heterocycles. The van der Waals surface area contributed by atoms with Gasteiger partial charge in [-0.1, -0.05) is 30.3 Å². The van der Waals surface area contributed by atoms with Gasteiger partial charge < -0.3 is 14.6 Å². The van der Waals surface area contributed by atoms with Gasteiger partial charge in [0.1, 0.15) is 0 Å². The van der Waals surface area contributed by atoms with Gasteiger partial charge in [0.2, 0.25) is 0 Å². The molecule has 0 bridgehead atoms. The summed E-state index contributed by atoms with van der Waals surface area (Å²) >= 11 is 0. The molecule has 0 amide bonds. The molecular weight excluding hydrogens is 303 g/mol. The predicted molar refractivity (Wildman–Crippen MR) is 94.1 cm³/mol. The molecule has 1 aliphatic rings. The van der Waals surface area contributed by atoms with Gasteiger partial charge in [-0.2, -0.15) is 0 Å². The highest BCUT2D eigenvalue weighted by atomic mass is 19.1. The minimum Gasteiger partial charge on any atom is -0.490 e. The zero-order chi connectivity index (χ0) is 16.4. The minimum atomic E-state index is -0.303. The fraction of sp³-hybridized carbons (Fsp3) is 0.300. The van der Waals surface area contributed by atoms with Gasteiger partial charge in [0.25, 0.3) is 0 Å². The molecule has 0 aliphatic carbocycles. The summed E-state index contributed by atoms with van der Waals surface area (Å²) in [6, 6.07) is 15.1. The van der Waals surface area contributed by atoms with Crippen molar-refractivity contribution in [3.05, 3.63) is 65.6 Å². The molecule has 0 atom stereocenters. The van der Waals surface area contributed by atoms with Crippen LogP contribution in [0, 0.1) is 5.82 Å². The van der Waals surface area contributed by atoms with Crippen LogP contribution in [0.15, 0.2) is 48.5 Å². The van der Waals surface area contributed by atoms with Crippen LogP contribution in [0.3, 0.4) is 0 Å². The standard InChI is InChI=1S/C20H21FN2O/c21-17-6-2-4-8-20(17)24-14-10-16-15-5-1-3-7-18(15)23-13-12-22-11-9-19(16)23/h1-8,22H,9-14H2. The smallest absolute Gasteiger partial charge is 0.165 e. The van der Waals surface area contributed by atoms with E-state index in [1.165, 1.54) is 28.2 Å². The van der Waals surface area contributed by atoms with Crippen molar-refractivity contribution in [2.45, 2.75) is 19.4 Å². The Hall–Kier alpha value is -2.33. The fourth-order valence-electron chi connectivity index (χ4n) is 3.60. The Kier molecular flexibility index (Phi) is 4.22. The second-order valence-electron chi connectivity index (χ2n) is 6.12. The first-order chi connectivity index (χ1) is 11.8. The lowest BCUT2D eigenvalue weighted by molar-refractivity contribution is 0.305. The number of aromatic nitrogens is 1. The molecule has 0 radical (unpaired) electrons. The maximum absolute atomic E-state index is 13.7. The van der Waals surface area contributed by atoms with Crippen molar-refractivity contribution in [2.24, 2.45) is 0 Å². The number of nitrogens with zero attached hydrogens (tertiary/aromatic N) is 1. The largest absolute Gasteiger partial charge is 0.490 e. The van der Waals surface area contributed by atoms with Crippen LogP contribution in [0.25, 0.3) is 10.9 Å². The second kappa shape index (κ2) is 6.65. The molecule has 2 aromatic carbocycles. The second-order valence-corrected chi connectivity index (χ2v) is 6.12. The highest BCUT2D eigenvalue weighted by molar-refractivity contribution is 5.85. The number of halogens is 1. The van der Waals surface area contributed by atoms with E-state index in [0.29, 0.717) is 12.4 Å². The first kappa shape index (κ1) is 15.2. The summed E-state index contributed by atoms with van der Waals surface area (Å²) in [5.41, 5.74) is 4.01. The van der Waals surface area contributed by atoms with Crippen molar-refractivity contribution in [1.82, 2.24) is 9.88 Å². The molecule has 0 fully saturated rings. The van der Waals surface area contributed by atoms with E-state index in [2.05, 4.69) is 34.1 Å². The molecule has 3 aromatic rings. The van der Waals surface area contributed by atoms with E-state index in [1.807, 2.05) is 0 Å². The lowest BCUT2D eigenvalue weighted by atomic mass is 10.1. The molecule has 2 heterocycles. The Bertz CT molecular complexity index is 856. The number of para-hydroxylation sites is 2. The molecule has 0 spiro atoms. The van der Waals surface area contributed by atoms with E-state index in [-0.39, 0.29) is 5.82 Å². The Labute approximate surface area is 141 Å². The van der Waals surface area contributed by atoms with Crippen molar-refractivity contribution < 1.29 is 9.13 Å².